The number of alkyl halides is 2. The first kappa shape index (κ1) is 40.7. The normalized spacial score (nSPS) is 15.6. The van der Waals surface area contributed by atoms with Gasteiger partial charge in [-0.25, -0.2) is 0 Å². The van der Waals surface area contributed by atoms with E-state index in [1.54, 1.807) is 6.07 Å². The molecule has 0 unspecified atom stereocenters. The lowest BCUT2D eigenvalue weighted by Gasteiger charge is -2.50. The fraction of sp³-hybridized carbons (Fsp3) is 0.391. The monoisotopic (exact) mass is 792 g/mol. The van der Waals surface area contributed by atoms with Crippen molar-refractivity contribution >= 4 is 11.4 Å². The number of rotatable bonds is 18. The van der Waals surface area contributed by atoms with Crippen LogP contribution in [0.25, 0.3) is 0 Å². The number of anilines is 2. The van der Waals surface area contributed by atoms with Crippen LogP contribution >= 0.6 is 0 Å². The molecule has 0 amide bonds. The zero-order valence-corrected chi connectivity index (χ0v) is 33.5. The van der Waals surface area contributed by atoms with Crippen LogP contribution in [-0.4, -0.2) is 77.9 Å². The van der Waals surface area contributed by atoms with Gasteiger partial charge in [0.2, 0.25) is 0 Å². The molecule has 306 valence electrons. The second kappa shape index (κ2) is 20.3. The van der Waals surface area contributed by atoms with Crippen LogP contribution in [0.15, 0.2) is 116 Å². The highest BCUT2D eigenvalue weighted by molar-refractivity contribution is 5.58. The Bertz CT molecular complexity index is 1980. The summed E-state index contributed by atoms with van der Waals surface area (Å²) in [7, 11) is 0. The van der Waals surface area contributed by atoms with Crippen molar-refractivity contribution in [2.75, 3.05) is 49.4 Å². The Morgan fingerprint density at radius 2 is 1.09 bits per heavy atom. The second-order valence-corrected chi connectivity index (χ2v) is 14.7. The van der Waals surface area contributed by atoms with Gasteiger partial charge in [0.1, 0.15) is 6.61 Å². The molecule has 0 N–H and O–H groups in total. The van der Waals surface area contributed by atoms with Gasteiger partial charge in [-0.15, -0.1) is 0 Å². The smallest absolute Gasteiger partial charge is 0.387 e. The second-order valence-electron chi connectivity index (χ2n) is 14.7. The molecule has 3 aromatic carbocycles. The van der Waals surface area contributed by atoms with Crippen molar-refractivity contribution in [1.29, 1.82) is 0 Å². The number of hydrogen-bond acceptors (Lipinski definition) is 10. The average molecular weight is 793 g/mol. The minimum Gasteiger partial charge on any atom is -0.490 e. The van der Waals surface area contributed by atoms with Gasteiger partial charge in [-0.2, -0.15) is 8.78 Å². The summed E-state index contributed by atoms with van der Waals surface area (Å²) in [6.07, 6.45) is 11.4. The number of piperidine rings is 2. The number of benzene rings is 3. The van der Waals surface area contributed by atoms with E-state index >= 15 is 0 Å². The van der Waals surface area contributed by atoms with E-state index in [2.05, 4.69) is 66.2 Å². The van der Waals surface area contributed by atoms with Crippen LogP contribution in [0, 0.1) is 0 Å². The summed E-state index contributed by atoms with van der Waals surface area (Å²) in [6, 6.07) is 30.6. The SMILES string of the molecule is CCOc1cc(CN2CCC(N(c3cccnc3)N(c3cccnc3)C3CCN(Cc4ccc(OC(F)F)c(OCC)c4)CC3)CC2)ccc1OCc1ccccc1. The van der Waals surface area contributed by atoms with E-state index in [9.17, 15) is 8.78 Å². The maximum Gasteiger partial charge on any atom is 0.387 e. The molecule has 2 aliphatic heterocycles. The Kier molecular flexibility index (Phi) is 14.3. The first-order chi connectivity index (χ1) is 28.5. The van der Waals surface area contributed by atoms with E-state index < -0.39 is 6.61 Å². The van der Waals surface area contributed by atoms with Crippen LogP contribution in [-0.2, 0) is 19.7 Å². The van der Waals surface area contributed by atoms with Crippen molar-refractivity contribution in [3.8, 4) is 23.0 Å². The number of hydrogen-bond donors (Lipinski definition) is 0. The third kappa shape index (κ3) is 10.7. The molecule has 10 nitrogen and oxygen atoms in total. The summed E-state index contributed by atoms with van der Waals surface area (Å²) in [4.78, 5) is 14.1. The minimum absolute atomic E-state index is 0.0578. The van der Waals surface area contributed by atoms with Gasteiger partial charge in [-0.05, 0) is 105 Å². The van der Waals surface area contributed by atoms with Gasteiger partial charge in [0.05, 0.1) is 49.1 Å². The van der Waals surface area contributed by atoms with Crippen LogP contribution in [0.3, 0.4) is 0 Å². The summed E-state index contributed by atoms with van der Waals surface area (Å²) >= 11 is 0. The van der Waals surface area contributed by atoms with Gasteiger partial charge in [0.15, 0.2) is 23.0 Å². The molecule has 2 saturated heterocycles. The number of ether oxygens (including phenoxy) is 4. The van der Waals surface area contributed by atoms with Gasteiger partial charge < -0.3 is 18.9 Å². The zero-order valence-electron chi connectivity index (χ0n) is 33.5. The molecule has 2 fully saturated rings. The van der Waals surface area contributed by atoms with Crippen molar-refractivity contribution in [3.05, 3.63) is 132 Å². The molecular formula is C46H54F2N6O4. The highest BCUT2D eigenvalue weighted by Crippen LogP contribution is 2.36. The number of likely N-dealkylation sites (tertiary alicyclic amines) is 2. The quantitative estimate of drug-likeness (QED) is 0.0803. The minimum atomic E-state index is -2.91. The molecule has 2 aromatic heterocycles. The zero-order chi connectivity index (χ0) is 40.1. The fourth-order valence-corrected chi connectivity index (χ4v) is 8.05. The summed E-state index contributed by atoms with van der Waals surface area (Å²) in [5.41, 5.74) is 5.44. The Labute approximate surface area is 340 Å². The average Bonchev–Trinajstić information content (AvgIpc) is 3.25. The summed E-state index contributed by atoms with van der Waals surface area (Å²) in [5.74, 6) is 1.93. The molecule has 0 atom stereocenters. The Morgan fingerprint density at radius 1 is 0.586 bits per heavy atom. The molecule has 12 heteroatoms. The maximum absolute atomic E-state index is 13.0. The van der Waals surface area contributed by atoms with Crippen molar-refractivity contribution in [2.24, 2.45) is 0 Å². The number of aromatic nitrogens is 2. The molecule has 0 bridgehead atoms. The van der Waals surface area contributed by atoms with Gasteiger partial charge in [0, 0.05) is 51.7 Å². The Balaban J connectivity index is 1.03. The van der Waals surface area contributed by atoms with Crippen molar-refractivity contribution in [2.45, 2.75) is 77.9 Å². The molecule has 7 rings (SSSR count). The Hall–Kier alpha value is -5.46. The highest BCUT2D eigenvalue weighted by atomic mass is 19.3. The summed E-state index contributed by atoms with van der Waals surface area (Å²) in [6.45, 7) is 7.51. The molecule has 2 aliphatic rings. The van der Waals surface area contributed by atoms with Crippen LogP contribution in [0.1, 0.15) is 56.2 Å². The third-order valence-corrected chi connectivity index (χ3v) is 10.7. The Morgan fingerprint density at radius 3 is 1.55 bits per heavy atom. The predicted molar refractivity (Wildman–Crippen MR) is 223 cm³/mol. The fourth-order valence-electron chi connectivity index (χ4n) is 8.05. The molecule has 0 spiro atoms. The number of nitrogens with zero attached hydrogens (tertiary/aromatic N) is 6. The lowest BCUT2D eigenvalue weighted by molar-refractivity contribution is -0.0514. The molecule has 0 radical (unpaired) electrons. The van der Waals surface area contributed by atoms with E-state index in [1.807, 2.05) is 87.2 Å². The van der Waals surface area contributed by atoms with E-state index in [0.717, 1.165) is 92.4 Å². The summed E-state index contributed by atoms with van der Waals surface area (Å²) < 4.78 is 48.6. The maximum atomic E-state index is 13.0. The molecule has 0 aliphatic carbocycles. The van der Waals surface area contributed by atoms with Gasteiger partial charge >= 0.3 is 6.61 Å². The van der Waals surface area contributed by atoms with Crippen molar-refractivity contribution in [3.63, 3.8) is 0 Å². The van der Waals surface area contributed by atoms with Gasteiger partial charge in [-0.1, -0.05) is 42.5 Å². The van der Waals surface area contributed by atoms with E-state index in [-0.39, 0.29) is 17.8 Å². The largest absolute Gasteiger partial charge is 0.490 e. The molecule has 0 saturated carbocycles. The number of halogens is 2. The van der Waals surface area contributed by atoms with E-state index in [1.165, 1.54) is 5.56 Å². The van der Waals surface area contributed by atoms with Gasteiger partial charge in [-0.3, -0.25) is 29.8 Å². The lowest BCUT2D eigenvalue weighted by atomic mass is 10.00. The summed E-state index contributed by atoms with van der Waals surface area (Å²) in [5, 5.41) is 4.97. The lowest BCUT2D eigenvalue weighted by Crippen LogP contribution is -2.59. The topological polar surface area (TPSA) is 75.7 Å². The molecule has 58 heavy (non-hydrogen) atoms. The first-order valence-corrected chi connectivity index (χ1v) is 20.4. The first-order valence-electron chi connectivity index (χ1n) is 20.4. The van der Waals surface area contributed by atoms with E-state index in [4.69, 9.17) is 18.9 Å². The third-order valence-electron chi connectivity index (χ3n) is 10.7. The van der Waals surface area contributed by atoms with E-state index in [0.29, 0.717) is 32.1 Å². The van der Waals surface area contributed by atoms with Crippen molar-refractivity contribution in [1.82, 2.24) is 19.8 Å². The van der Waals surface area contributed by atoms with Gasteiger partial charge in [0.25, 0.3) is 0 Å². The van der Waals surface area contributed by atoms with Crippen molar-refractivity contribution < 1.29 is 27.7 Å². The molecule has 4 heterocycles. The highest BCUT2D eigenvalue weighted by Gasteiger charge is 2.35. The predicted octanol–water partition coefficient (Wildman–Crippen LogP) is 9.01. The number of pyridine rings is 2. The molecule has 5 aromatic rings. The number of hydrazine groups is 1. The van der Waals surface area contributed by atoms with Crippen LogP contribution in [0.5, 0.6) is 23.0 Å². The standard InChI is InChI=1S/C46H54F2N6O4/c1-3-55-44-28-36(14-16-42(44)57-34-35-10-6-5-7-11-35)32-51-24-18-38(19-25-51)53(40-12-8-22-49-30-40)54(41-13-9-23-50-31-41)39-20-26-52(27-21-39)33-37-15-17-43(58-46(47)48)45(29-37)56-4-2/h5-17,22-23,28-31,38-39,46H,3-4,18-21,24-27,32-34H2,1-2H3. The van der Waals surface area contributed by atoms with Crippen LogP contribution in [0.2, 0.25) is 0 Å². The van der Waals surface area contributed by atoms with Crippen LogP contribution < -0.4 is 29.0 Å². The van der Waals surface area contributed by atoms with Crippen LogP contribution in [0.4, 0.5) is 20.2 Å². The molecular weight excluding hydrogens is 739 g/mol.